The molecule has 0 atom stereocenters. The Kier molecular flexibility index (Phi) is 4.44. The minimum Gasteiger partial charge on any atom is -0.303 e. The highest BCUT2D eigenvalue weighted by molar-refractivity contribution is 6.17. The van der Waals surface area contributed by atoms with Gasteiger partial charge in [-0.3, -0.25) is 4.79 Å². The van der Waals surface area contributed by atoms with Gasteiger partial charge in [-0.1, -0.05) is 19.1 Å². The molecule has 0 saturated carbocycles. The molecule has 3 aliphatic rings. The summed E-state index contributed by atoms with van der Waals surface area (Å²) >= 11 is 0. The molecule has 0 bridgehead atoms. The van der Waals surface area contributed by atoms with Crippen molar-refractivity contribution in [2.75, 3.05) is 19.6 Å². The lowest BCUT2D eigenvalue weighted by Gasteiger charge is -2.29. The Morgan fingerprint density at radius 2 is 2.14 bits per heavy atom. The lowest BCUT2D eigenvalue weighted by molar-refractivity contribution is -0.118. The summed E-state index contributed by atoms with van der Waals surface area (Å²) in [7, 11) is 0. The zero-order valence-electron chi connectivity index (χ0n) is 12.7. The normalized spacial score (nSPS) is 22.6. The van der Waals surface area contributed by atoms with E-state index in [9.17, 15) is 4.79 Å². The van der Waals surface area contributed by atoms with E-state index in [4.69, 9.17) is 0 Å². The number of carbonyl (C=O) groups excluding carboxylic acids is 1. The van der Waals surface area contributed by atoms with Crippen molar-refractivity contribution in [1.29, 1.82) is 0 Å². The number of ketones is 1. The number of rotatable bonds is 5. The molecule has 0 aromatic rings. The Labute approximate surface area is 126 Å². The molecule has 112 valence electrons. The van der Waals surface area contributed by atoms with Crippen molar-refractivity contribution >= 4 is 17.3 Å². The zero-order chi connectivity index (χ0) is 14.7. The Hall–Kier alpha value is -1.55. The number of nitrogens with zero attached hydrogens (tertiary/aromatic N) is 3. The highest BCUT2D eigenvalue weighted by Gasteiger charge is 2.20. The van der Waals surface area contributed by atoms with Crippen LogP contribution in [0.1, 0.15) is 39.0 Å². The SMILES string of the molecule is CC1CCN(CCC(=O)CC2=NC3=CC=CCC3=N2)CC1. The van der Waals surface area contributed by atoms with Crippen LogP contribution in [0, 0.1) is 5.92 Å². The fourth-order valence-electron chi connectivity index (χ4n) is 2.98. The molecule has 2 heterocycles. The van der Waals surface area contributed by atoms with E-state index in [-0.39, 0.29) is 5.78 Å². The number of likely N-dealkylation sites (tertiary alicyclic amines) is 1. The van der Waals surface area contributed by atoms with Gasteiger partial charge in [0, 0.05) is 19.4 Å². The van der Waals surface area contributed by atoms with E-state index in [0.29, 0.717) is 18.7 Å². The average molecular weight is 285 g/mol. The topological polar surface area (TPSA) is 45.0 Å². The first-order valence-corrected chi connectivity index (χ1v) is 7.97. The second-order valence-electron chi connectivity index (χ2n) is 6.26. The number of carbonyl (C=O) groups is 1. The highest BCUT2D eigenvalue weighted by atomic mass is 16.1. The second kappa shape index (κ2) is 6.48. The van der Waals surface area contributed by atoms with E-state index in [2.05, 4.69) is 27.9 Å². The molecule has 1 fully saturated rings. The first-order chi connectivity index (χ1) is 10.2. The van der Waals surface area contributed by atoms with Gasteiger partial charge in [-0.25, -0.2) is 9.98 Å². The Morgan fingerprint density at radius 3 is 2.90 bits per heavy atom. The predicted molar refractivity (Wildman–Crippen MR) is 85.8 cm³/mol. The summed E-state index contributed by atoms with van der Waals surface area (Å²) in [5.41, 5.74) is 1.94. The predicted octanol–water partition coefficient (Wildman–Crippen LogP) is 2.76. The number of aliphatic imine (C=N–C) groups is 2. The van der Waals surface area contributed by atoms with Crippen molar-refractivity contribution in [2.45, 2.75) is 39.0 Å². The Morgan fingerprint density at radius 1 is 1.33 bits per heavy atom. The molecule has 0 N–H and O–H groups in total. The summed E-state index contributed by atoms with van der Waals surface area (Å²) in [5.74, 6) is 1.78. The third-order valence-corrected chi connectivity index (χ3v) is 4.45. The van der Waals surface area contributed by atoms with E-state index in [1.165, 1.54) is 12.8 Å². The smallest absolute Gasteiger partial charge is 0.141 e. The van der Waals surface area contributed by atoms with Gasteiger partial charge in [0.2, 0.25) is 0 Å². The number of allylic oxidation sites excluding steroid dienone is 4. The largest absolute Gasteiger partial charge is 0.303 e. The quantitative estimate of drug-likeness (QED) is 0.779. The Balaban J connectivity index is 1.44. The first-order valence-electron chi connectivity index (χ1n) is 7.97. The van der Waals surface area contributed by atoms with Crippen LogP contribution in [0.3, 0.4) is 0 Å². The molecule has 0 spiro atoms. The van der Waals surface area contributed by atoms with Crippen molar-refractivity contribution in [3.05, 3.63) is 23.9 Å². The molecule has 0 unspecified atom stereocenters. The van der Waals surface area contributed by atoms with E-state index in [1.54, 1.807) is 0 Å². The number of Topliss-reactive ketones (excluding diaryl/α,β-unsaturated/α-hetero) is 1. The van der Waals surface area contributed by atoms with Crippen LogP contribution in [0.5, 0.6) is 0 Å². The molecule has 2 aliphatic heterocycles. The van der Waals surface area contributed by atoms with Crippen LogP contribution < -0.4 is 0 Å². The number of fused-ring (bicyclic) bond motifs is 1. The zero-order valence-corrected chi connectivity index (χ0v) is 12.7. The molecule has 4 nitrogen and oxygen atoms in total. The van der Waals surface area contributed by atoms with Crippen LogP contribution in [-0.2, 0) is 4.79 Å². The van der Waals surface area contributed by atoms with Gasteiger partial charge in [-0.2, -0.15) is 0 Å². The maximum atomic E-state index is 12.1. The third kappa shape index (κ3) is 3.76. The number of hydrogen-bond acceptors (Lipinski definition) is 4. The molecule has 1 saturated heterocycles. The van der Waals surface area contributed by atoms with Crippen LogP contribution in [-0.4, -0.2) is 41.9 Å². The van der Waals surface area contributed by atoms with Crippen LogP contribution in [0.25, 0.3) is 0 Å². The molecule has 0 aromatic carbocycles. The minimum atomic E-state index is 0.254. The van der Waals surface area contributed by atoms with Crippen LogP contribution in [0.2, 0.25) is 0 Å². The van der Waals surface area contributed by atoms with Crippen molar-refractivity contribution in [1.82, 2.24) is 4.90 Å². The molecule has 21 heavy (non-hydrogen) atoms. The molecule has 0 aromatic heterocycles. The van der Waals surface area contributed by atoms with Gasteiger partial charge in [0.25, 0.3) is 0 Å². The van der Waals surface area contributed by atoms with Gasteiger partial charge in [0.05, 0.1) is 17.8 Å². The van der Waals surface area contributed by atoms with Gasteiger partial charge in [0.15, 0.2) is 0 Å². The average Bonchev–Trinajstić information content (AvgIpc) is 2.88. The highest BCUT2D eigenvalue weighted by Crippen LogP contribution is 2.19. The fourth-order valence-corrected chi connectivity index (χ4v) is 2.98. The van der Waals surface area contributed by atoms with Crippen molar-refractivity contribution in [2.24, 2.45) is 15.9 Å². The first kappa shape index (κ1) is 14.4. The molecule has 3 rings (SSSR count). The minimum absolute atomic E-state index is 0.254. The van der Waals surface area contributed by atoms with Crippen LogP contribution in [0.4, 0.5) is 0 Å². The molecule has 0 radical (unpaired) electrons. The summed E-state index contributed by atoms with van der Waals surface area (Å²) in [5, 5.41) is 0. The fraction of sp³-hybridized carbons (Fsp3) is 0.588. The van der Waals surface area contributed by atoms with E-state index >= 15 is 0 Å². The maximum absolute atomic E-state index is 12.1. The standard InChI is InChI=1S/C17H23N3O/c1-13-6-9-20(10-7-13)11-8-14(21)12-17-18-15-4-2-3-5-16(15)19-17/h2-4,13H,5-12H2,1H3. The molecular formula is C17H23N3O. The van der Waals surface area contributed by atoms with Crippen LogP contribution >= 0.6 is 0 Å². The number of amidine groups is 1. The van der Waals surface area contributed by atoms with Gasteiger partial charge >= 0.3 is 0 Å². The lowest BCUT2D eigenvalue weighted by Crippen LogP contribution is -2.34. The Bertz CT molecular complexity index is 534. The molecule has 4 heteroatoms. The second-order valence-corrected chi connectivity index (χ2v) is 6.26. The van der Waals surface area contributed by atoms with Gasteiger partial charge in [-0.15, -0.1) is 0 Å². The summed E-state index contributed by atoms with van der Waals surface area (Å²) < 4.78 is 0. The molecular weight excluding hydrogens is 262 g/mol. The van der Waals surface area contributed by atoms with Crippen molar-refractivity contribution in [3.63, 3.8) is 0 Å². The van der Waals surface area contributed by atoms with Gasteiger partial charge < -0.3 is 4.90 Å². The lowest BCUT2D eigenvalue weighted by atomic mass is 9.99. The number of hydrogen-bond donors (Lipinski definition) is 0. The van der Waals surface area contributed by atoms with Crippen molar-refractivity contribution in [3.8, 4) is 0 Å². The van der Waals surface area contributed by atoms with Gasteiger partial charge in [0.1, 0.15) is 11.6 Å². The monoisotopic (exact) mass is 285 g/mol. The third-order valence-electron chi connectivity index (χ3n) is 4.45. The maximum Gasteiger partial charge on any atom is 0.141 e. The van der Waals surface area contributed by atoms with Crippen LogP contribution in [0.15, 0.2) is 33.9 Å². The van der Waals surface area contributed by atoms with E-state index < -0.39 is 0 Å². The summed E-state index contributed by atoms with van der Waals surface area (Å²) in [6.07, 6.45) is 10.4. The molecule has 0 amide bonds. The van der Waals surface area contributed by atoms with E-state index in [1.807, 2.05) is 12.2 Å². The van der Waals surface area contributed by atoms with Crippen molar-refractivity contribution < 1.29 is 4.79 Å². The number of piperidine rings is 1. The van der Waals surface area contributed by atoms with E-state index in [0.717, 1.165) is 43.4 Å². The summed E-state index contributed by atoms with van der Waals surface area (Å²) in [6.45, 7) is 5.47. The summed E-state index contributed by atoms with van der Waals surface area (Å²) in [6, 6.07) is 0. The summed E-state index contributed by atoms with van der Waals surface area (Å²) in [4.78, 5) is 23.4. The van der Waals surface area contributed by atoms with Gasteiger partial charge in [-0.05, 0) is 37.9 Å². The molecule has 1 aliphatic carbocycles.